The molecule has 0 aliphatic heterocycles. The summed E-state index contributed by atoms with van der Waals surface area (Å²) in [4.78, 5) is 12.5. The zero-order chi connectivity index (χ0) is 17.8. The van der Waals surface area contributed by atoms with E-state index < -0.39 is 23.9 Å². The van der Waals surface area contributed by atoms with Crippen LogP contribution in [0.3, 0.4) is 0 Å². The Bertz CT molecular complexity index is 671. The van der Waals surface area contributed by atoms with Crippen LogP contribution in [0.4, 0.5) is 13.2 Å². The lowest BCUT2D eigenvalue weighted by molar-refractivity contribution is -0.278. The van der Waals surface area contributed by atoms with Crippen molar-refractivity contribution < 1.29 is 27.4 Å². The van der Waals surface area contributed by atoms with Crippen LogP contribution < -0.4 is 0 Å². The molecule has 0 aliphatic rings. The summed E-state index contributed by atoms with van der Waals surface area (Å²) in [5, 5.41) is 0. The van der Waals surface area contributed by atoms with E-state index in [0.29, 0.717) is 5.56 Å². The Morgan fingerprint density at radius 3 is 1.92 bits per heavy atom. The highest BCUT2D eigenvalue weighted by Crippen LogP contribution is 2.43. The van der Waals surface area contributed by atoms with Gasteiger partial charge in [0.15, 0.2) is 0 Å². The molecule has 2 rings (SSSR count). The van der Waals surface area contributed by atoms with E-state index in [1.807, 2.05) is 0 Å². The largest absolute Gasteiger partial charge is 0.455 e. The molecule has 2 atom stereocenters. The first kappa shape index (κ1) is 18.0. The molecule has 0 saturated heterocycles. The number of benzene rings is 2. The summed E-state index contributed by atoms with van der Waals surface area (Å²) < 4.78 is 51.0. The minimum Gasteiger partial charge on any atom is -0.455 e. The summed E-state index contributed by atoms with van der Waals surface area (Å²) in [5.74, 6) is -1.50. The predicted octanol–water partition coefficient (Wildman–Crippen LogP) is 4.40. The molecule has 0 unspecified atom stereocenters. The van der Waals surface area contributed by atoms with Crippen LogP contribution in [0, 0.1) is 0 Å². The quantitative estimate of drug-likeness (QED) is 0.758. The van der Waals surface area contributed by atoms with E-state index in [9.17, 15) is 18.0 Å². The fraction of sp³-hybridized carbons (Fsp3) is 0.278. The number of halogens is 3. The molecule has 2 aromatic rings. The van der Waals surface area contributed by atoms with E-state index in [2.05, 4.69) is 4.74 Å². The van der Waals surface area contributed by atoms with Gasteiger partial charge in [-0.25, -0.2) is 4.79 Å². The predicted molar refractivity (Wildman–Crippen MR) is 82.1 cm³/mol. The first-order valence-electron chi connectivity index (χ1n) is 7.26. The molecule has 0 amide bonds. The second-order valence-electron chi connectivity index (χ2n) is 5.21. The standard InChI is InChI=1S/C18H17F3O3/c1-13(14-9-5-3-6-10-14)24-16(22)17(23-2,18(19,20)21)15-11-7-4-8-12-15/h3-13H,1-2H3/t13-,17-/m0/s1. The molecule has 0 aromatic heterocycles. The number of ether oxygens (including phenoxy) is 2. The highest BCUT2D eigenvalue weighted by Gasteiger charge is 2.64. The van der Waals surface area contributed by atoms with Crippen LogP contribution in [0.5, 0.6) is 0 Å². The maximum atomic E-state index is 13.7. The lowest BCUT2D eigenvalue weighted by Gasteiger charge is -2.33. The molecule has 0 saturated carbocycles. The number of alkyl halides is 3. The third kappa shape index (κ3) is 3.28. The van der Waals surface area contributed by atoms with E-state index in [1.54, 1.807) is 36.4 Å². The molecule has 0 fully saturated rings. The number of hydrogen-bond donors (Lipinski definition) is 0. The fourth-order valence-electron chi connectivity index (χ4n) is 2.42. The Morgan fingerprint density at radius 1 is 0.958 bits per heavy atom. The van der Waals surface area contributed by atoms with Crippen LogP contribution in [0.1, 0.15) is 24.2 Å². The number of carbonyl (C=O) groups is 1. The van der Waals surface area contributed by atoms with E-state index in [4.69, 9.17) is 4.74 Å². The zero-order valence-electron chi connectivity index (χ0n) is 13.2. The van der Waals surface area contributed by atoms with Crippen LogP contribution in [0.25, 0.3) is 0 Å². The second kappa shape index (κ2) is 7.05. The Kier molecular flexibility index (Phi) is 5.29. The minimum atomic E-state index is -4.98. The summed E-state index contributed by atoms with van der Waals surface area (Å²) in [5.41, 5.74) is -2.91. The van der Waals surface area contributed by atoms with E-state index >= 15 is 0 Å². The van der Waals surface area contributed by atoms with Gasteiger partial charge in [0.2, 0.25) is 0 Å². The Hall–Kier alpha value is -2.34. The molecule has 6 heteroatoms. The van der Waals surface area contributed by atoms with Gasteiger partial charge in [0, 0.05) is 12.7 Å². The van der Waals surface area contributed by atoms with Crippen LogP contribution in [-0.4, -0.2) is 19.3 Å². The van der Waals surface area contributed by atoms with Crippen LogP contribution in [-0.2, 0) is 19.9 Å². The smallest absolute Gasteiger partial charge is 0.432 e. The minimum absolute atomic E-state index is 0.328. The summed E-state index contributed by atoms with van der Waals surface area (Å²) in [6.07, 6.45) is -5.82. The van der Waals surface area contributed by atoms with Crippen molar-refractivity contribution in [1.82, 2.24) is 0 Å². The highest BCUT2D eigenvalue weighted by molar-refractivity contribution is 5.83. The van der Waals surface area contributed by atoms with Gasteiger partial charge in [-0.15, -0.1) is 0 Å². The summed E-state index contributed by atoms with van der Waals surface area (Å²) in [7, 11) is 0.842. The van der Waals surface area contributed by atoms with Crippen molar-refractivity contribution in [3.8, 4) is 0 Å². The molecule has 0 N–H and O–H groups in total. The van der Waals surface area contributed by atoms with Crippen molar-refractivity contribution in [2.45, 2.75) is 24.8 Å². The normalized spacial score (nSPS) is 15.4. The van der Waals surface area contributed by atoms with Gasteiger partial charge in [-0.1, -0.05) is 60.7 Å². The van der Waals surface area contributed by atoms with E-state index in [-0.39, 0.29) is 5.56 Å². The molecule has 2 aromatic carbocycles. The lowest BCUT2D eigenvalue weighted by Crippen LogP contribution is -2.51. The van der Waals surface area contributed by atoms with Crippen LogP contribution >= 0.6 is 0 Å². The molecule has 0 bridgehead atoms. The van der Waals surface area contributed by atoms with Crippen molar-refractivity contribution in [3.63, 3.8) is 0 Å². The van der Waals surface area contributed by atoms with Gasteiger partial charge >= 0.3 is 12.1 Å². The molecular weight excluding hydrogens is 321 g/mol. The number of carbonyl (C=O) groups excluding carboxylic acids is 1. The topological polar surface area (TPSA) is 35.5 Å². The van der Waals surface area contributed by atoms with Crippen molar-refractivity contribution in [3.05, 3.63) is 71.8 Å². The molecule has 0 radical (unpaired) electrons. The third-order valence-electron chi connectivity index (χ3n) is 3.73. The fourth-order valence-corrected chi connectivity index (χ4v) is 2.42. The number of esters is 1. The second-order valence-corrected chi connectivity index (χ2v) is 5.21. The first-order chi connectivity index (χ1) is 11.3. The summed E-state index contributed by atoms with van der Waals surface area (Å²) in [6, 6.07) is 15.3. The third-order valence-corrected chi connectivity index (χ3v) is 3.73. The molecule has 24 heavy (non-hydrogen) atoms. The van der Waals surface area contributed by atoms with Crippen molar-refractivity contribution in [2.24, 2.45) is 0 Å². The first-order valence-corrected chi connectivity index (χ1v) is 7.26. The average molecular weight is 338 g/mol. The summed E-state index contributed by atoms with van der Waals surface area (Å²) in [6.45, 7) is 1.51. The molecule has 3 nitrogen and oxygen atoms in total. The summed E-state index contributed by atoms with van der Waals surface area (Å²) >= 11 is 0. The van der Waals surface area contributed by atoms with Gasteiger partial charge in [0.05, 0.1) is 0 Å². The van der Waals surface area contributed by atoms with Crippen molar-refractivity contribution in [2.75, 3.05) is 7.11 Å². The van der Waals surface area contributed by atoms with Crippen LogP contribution in [0.15, 0.2) is 60.7 Å². The Labute approximate surface area is 138 Å². The van der Waals surface area contributed by atoms with Gasteiger partial charge in [-0.05, 0) is 12.5 Å². The number of rotatable bonds is 5. The van der Waals surface area contributed by atoms with Gasteiger partial charge in [0.25, 0.3) is 5.60 Å². The molecular formula is C18H17F3O3. The van der Waals surface area contributed by atoms with Gasteiger partial charge in [-0.3, -0.25) is 0 Å². The zero-order valence-corrected chi connectivity index (χ0v) is 13.2. The average Bonchev–Trinajstić information content (AvgIpc) is 2.56. The van der Waals surface area contributed by atoms with Crippen molar-refractivity contribution in [1.29, 1.82) is 0 Å². The molecule has 128 valence electrons. The monoisotopic (exact) mass is 338 g/mol. The van der Waals surface area contributed by atoms with Gasteiger partial charge < -0.3 is 9.47 Å². The Balaban J connectivity index is 2.39. The van der Waals surface area contributed by atoms with Crippen LogP contribution in [0.2, 0.25) is 0 Å². The molecule has 0 aliphatic carbocycles. The van der Waals surface area contributed by atoms with Crippen molar-refractivity contribution >= 4 is 5.97 Å². The highest BCUT2D eigenvalue weighted by atomic mass is 19.4. The Morgan fingerprint density at radius 2 is 1.46 bits per heavy atom. The maximum Gasteiger partial charge on any atom is 0.432 e. The molecule has 0 spiro atoms. The number of hydrogen-bond acceptors (Lipinski definition) is 3. The van der Waals surface area contributed by atoms with Gasteiger partial charge in [0.1, 0.15) is 6.10 Å². The van der Waals surface area contributed by atoms with E-state index in [0.717, 1.165) is 7.11 Å². The molecule has 0 heterocycles. The maximum absolute atomic E-state index is 13.7. The SMILES string of the molecule is CO[C@](C(=O)O[C@@H](C)c1ccccc1)(c1ccccc1)C(F)(F)F. The van der Waals surface area contributed by atoms with E-state index in [1.165, 1.54) is 31.2 Å². The lowest BCUT2D eigenvalue weighted by atomic mass is 9.92. The van der Waals surface area contributed by atoms with Gasteiger partial charge in [-0.2, -0.15) is 13.2 Å². The number of methoxy groups -OCH3 is 1.